The van der Waals surface area contributed by atoms with Crippen molar-refractivity contribution in [3.05, 3.63) is 0 Å². The molecule has 2 unspecified atom stereocenters. The summed E-state index contributed by atoms with van der Waals surface area (Å²) >= 11 is 0. The Morgan fingerprint density at radius 3 is 2.47 bits per heavy atom. The average Bonchev–Trinajstić information content (AvgIpc) is 2.25. The van der Waals surface area contributed by atoms with Crippen molar-refractivity contribution in [2.45, 2.75) is 58.5 Å². The van der Waals surface area contributed by atoms with E-state index in [9.17, 15) is 0 Å². The van der Waals surface area contributed by atoms with E-state index in [-0.39, 0.29) is 0 Å². The third-order valence-corrected chi connectivity index (χ3v) is 3.13. The van der Waals surface area contributed by atoms with Crippen LogP contribution in [0.4, 0.5) is 0 Å². The van der Waals surface area contributed by atoms with Crippen LogP contribution in [0, 0.1) is 5.92 Å². The molecule has 0 N–H and O–H groups in total. The molecule has 2 nitrogen and oxygen atoms in total. The van der Waals surface area contributed by atoms with Crippen LogP contribution in [0.5, 0.6) is 0 Å². The molecule has 0 aromatic heterocycles. The first-order valence-electron chi connectivity index (χ1n) is 6.54. The fourth-order valence-electron chi connectivity index (χ4n) is 1.82. The molecule has 1 rings (SSSR count). The molecule has 0 aromatic rings. The van der Waals surface area contributed by atoms with Gasteiger partial charge in [0.05, 0.1) is 19.3 Å². The highest BCUT2D eigenvalue weighted by Gasteiger charge is 2.27. The summed E-state index contributed by atoms with van der Waals surface area (Å²) in [7, 11) is 0. The lowest BCUT2D eigenvalue weighted by molar-refractivity contribution is -0.139. The SMILES string of the molecule is CCCCCCCCOCC1OCC1C. The van der Waals surface area contributed by atoms with Crippen LogP contribution in [0.1, 0.15) is 52.4 Å². The van der Waals surface area contributed by atoms with Gasteiger partial charge in [-0.05, 0) is 6.42 Å². The Morgan fingerprint density at radius 2 is 1.87 bits per heavy atom. The van der Waals surface area contributed by atoms with Crippen molar-refractivity contribution in [2.24, 2.45) is 5.92 Å². The van der Waals surface area contributed by atoms with Crippen molar-refractivity contribution in [2.75, 3.05) is 19.8 Å². The van der Waals surface area contributed by atoms with E-state index in [0.717, 1.165) is 19.8 Å². The standard InChI is InChI=1S/C13H26O2/c1-3-4-5-6-7-8-9-14-11-13-12(2)10-15-13/h12-13H,3-11H2,1-2H3. The summed E-state index contributed by atoms with van der Waals surface area (Å²) in [5.41, 5.74) is 0. The van der Waals surface area contributed by atoms with E-state index in [2.05, 4.69) is 13.8 Å². The Bertz CT molecular complexity index is 147. The van der Waals surface area contributed by atoms with Crippen molar-refractivity contribution in [1.29, 1.82) is 0 Å². The first-order valence-corrected chi connectivity index (χ1v) is 6.54. The van der Waals surface area contributed by atoms with Crippen LogP contribution in [0.3, 0.4) is 0 Å². The summed E-state index contributed by atoms with van der Waals surface area (Å²) in [5.74, 6) is 0.703. The summed E-state index contributed by atoms with van der Waals surface area (Å²) in [6.45, 7) is 7.12. The fourth-order valence-corrected chi connectivity index (χ4v) is 1.82. The zero-order chi connectivity index (χ0) is 10.9. The number of ether oxygens (including phenoxy) is 2. The van der Waals surface area contributed by atoms with E-state index in [1.165, 1.54) is 38.5 Å². The second kappa shape index (κ2) is 8.12. The van der Waals surface area contributed by atoms with Gasteiger partial charge < -0.3 is 9.47 Å². The molecule has 2 atom stereocenters. The van der Waals surface area contributed by atoms with Crippen molar-refractivity contribution < 1.29 is 9.47 Å². The first-order chi connectivity index (χ1) is 7.34. The molecule has 0 radical (unpaired) electrons. The summed E-state index contributed by atoms with van der Waals surface area (Å²) in [5, 5.41) is 0. The maximum atomic E-state index is 5.59. The van der Waals surface area contributed by atoms with Crippen molar-refractivity contribution >= 4 is 0 Å². The third-order valence-electron chi connectivity index (χ3n) is 3.13. The molecule has 0 saturated carbocycles. The predicted octanol–water partition coefficient (Wildman–Crippen LogP) is 3.40. The smallest absolute Gasteiger partial charge is 0.0855 e. The van der Waals surface area contributed by atoms with Crippen LogP contribution in [0.2, 0.25) is 0 Å². The van der Waals surface area contributed by atoms with E-state index < -0.39 is 0 Å². The van der Waals surface area contributed by atoms with E-state index >= 15 is 0 Å². The van der Waals surface area contributed by atoms with Gasteiger partial charge in [-0.2, -0.15) is 0 Å². The number of unbranched alkanes of at least 4 members (excludes halogenated alkanes) is 5. The minimum absolute atomic E-state index is 0.380. The summed E-state index contributed by atoms with van der Waals surface area (Å²) in [6.07, 6.45) is 8.38. The molecule has 0 bridgehead atoms. The first kappa shape index (κ1) is 13.0. The quantitative estimate of drug-likeness (QED) is 0.548. The van der Waals surface area contributed by atoms with Crippen LogP contribution in [-0.4, -0.2) is 25.9 Å². The second-order valence-corrected chi connectivity index (χ2v) is 4.69. The minimum atomic E-state index is 0.380. The lowest BCUT2D eigenvalue weighted by atomic mass is 10.0. The molecule has 1 aliphatic heterocycles. The van der Waals surface area contributed by atoms with Crippen LogP contribution in [0.25, 0.3) is 0 Å². The van der Waals surface area contributed by atoms with Gasteiger partial charge in [-0.3, -0.25) is 0 Å². The van der Waals surface area contributed by atoms with Crippen LogP contribution in [0.15, 0.2) is 0 Å². The molecule has 1 fully saturated rings. The van der Waals surface area contributed by atoms with E-state index in [1.54, 1.807) is 0 Å². The molecule has 15 heavy (non-hydrogen) atoms. The Morgan fingerprint density at radius 1 is 1.13 bits per heavy atom. The normalized spacial score (nSPS) is 25.2. The molecule has 0 spiro atoms. The average molecular weight is 214 g/mol. The van der Waals surface area contributed by atoms with Gasteiger partial charge in [-0.15, -0.1) is 0 Å². The molecular formula is C13H26O2. The lowest BCUT2D eigenvalue weighted by Crippen LogP contribution is -2.41. The minimum Gasteiger partial charge on any atom is -0.379 e. The van der Waals surface area contributed by atoms with Gasteiger partial charge in [-0.1, -0.05) is 46.0 Å². The highest BCUT2D eigenvalue weighted by Crippen LogP contribution is 2.19. The molecule has 0 aliphatic carbocycles. The molecule has 0 aromatic carbocycles. The molecule has 2 heteroatoms. The lowest BCUT2D eigenvalue weighted by Gasteiger charge is -2.33. The molecule has 90 valence electrons. The summed E-state index contributed by atoms with van der Waals surface area (Å²) in [4.78, 5) is 0. The van der Waals surface area contributed by atoms with E-state index in [1.807, 2.05) is 0 Å². The molecular weight excluding hydrogens is 188 g/mol. The largest absolute Gasteiger partial charge is 0.379 e. The van der Waals surface area contributed by atoms with Crippen LogP contribution >= 0.6 is 0 Å². The number of rotatable bonds is 9. The van der Waals surface area contributed by atoms with Gasteiger partial charge in [0.1, 0.15) is 0 Å². The zero-order valence-corrected chi connectivity index (χ0v) is 10.3. The second-order valence-electron chi connectivity index (χ2n) is 4.69. The van der Waals surface area contributed by atoms with Gasteiger partial charge in [0.25, 0.3) is 0 Å². The van der Waals surface area contributed by atoms with Gasteiger partial charge in [0, 0.05) is 12.5 Å². The van der Waals surface area contributed by atoms with Gasteiger partial charge in [0.2, 0.25) is 0 Å². The highest BCUT2D eigenvalue weighted by atomic mass is 16.5. The van der Waals surface area contributed by atoms with E-state index in [0.29, 0.717) is 12.0 Å². The van der Waals surface area contributed by atoms with Crippen LogP contribution in [-0.2, 0) is 9.47 Å². The molecule has 0 amide bonds. The molecule has 1 saturated heterocycles. The monoisotopic (exact) mass is 214 g/mol. The Labute approximate surface area is 94.3 Å². The van der Waals surface area contributed by atoms with Gasteiger partial charge in [0.15, 0.2) is 0 Å². The zero-order valence-electron chi connectivity index (χ0n) is 10.3. The Kier molecular flexibility index (Phi) is 7.03. The number of hydrogen-bond donors (Lipinski definition) is 0. The van der Waals surface area contributed by atoms with Gasteiger partial charge >= 0.3 is 0 Å². The van der Waals surface area contributed by atoms with Crippen molar-refractivity contribution in [1.82, 2.24) is 0 Å². The van der Waals surface area contributed by atoms with Crippen LogP contribution < -0.4 is 0 Å². The third kappa shape index (κ3) is 5.53. The fraction of sp³-hybridized carbons (Fsp3) is 1.00. The summed E-state index contributed by atoms with van der Waals surface area (Å²) < 4.78 is 11.0. The Hall–Kier alpha value is -0.0800. The van der Waals surface area contributed by atoms with Crippen molar-refractivity contribution in [3.8, 4) is 0 Å². The van der Waals surface area contributed by atoms with E-state index in [4.69, 9.17) is 9.47 Å². The maximum Gasteiger partial charge on any atom is 0.0855 e. The van der Waals surface area contributed by atoms with Crippen molar-refractivity contribution in [3.63, 3.8) is 0 Å². The molecule has 1 heterocycles. The predicted molar refractivity (Wildman–Crippen MR) is 63.1 cm³/mol. The molecule has 1 aliphatic rings. The Balaban J connectivity index is 1.73. The highest BCUT2D eigenvalue weighted by molar-refractivity contribution is 4.73. The maximum absolute atomic E-state index is 5.59. The topological polar surface area (TPSA) is 18.5 Å². The summed E-state index contributed by atoms with van der Waals surface area (Å²) in [6, 6.07) is 0. The van der Waals surface area contributed by atoms with Gasteiger partial charge in [-0.25, -0.2) is 0 Å². The number of hydrogen-bond acceptors (Lipinski definition) is 2.